The first-order chi connectivity index (χ1) is 8.01. The van der Waals surface area contributed by atoms with E-state index in [0.717, 1.165) is 12.7 Å². The average Bonchev–Trinajstić information content (AvgIpc) is 2.35. The van der Waals surface area contributed by atoms with E-state index in [9.17, 15) is 15.0 Å². The number of rotatable bonds is 4. The van der Waals surface area contributed by atoms with Crippen molar-refractivity contribution in [3.05, 3.63) is 29.3 Å². The molecule has 2 atom stereocenters. The second kappa shape index (κ2) is 5.65. The third kappa shape index (κ3) is 2.95. The number of methoxy groups -OCH3 is 2. The molecule has 2 unspecified atom stereocenters. The van der Waals surface area contributed by atoms with E-state index in [2.05, 4.69) is 4.74 Å². The van der Waals surface area contributed by atoms with Crippen LogP contribution in [0.5, 0.6) is 5.75 Å². The third-order valence-electron chi connectivity index (χ3n) is 2.45. The first kappa shape index (κ1) is 13.5. The molecule has 0 bridgehead atoms. The van der Waals surface area contributed by atoms with Gasteiger partial charge < -0.3 is 19.7 Å². The maximum Gasteiger partial charge on any atom is 0.337 e. The van der Waals surface area contributed by atoms with Gasteiger partial charge in [0.15, 0.2) is 6.10 Å². The highest BCUT2D eigenvalue weighted by Crippen LogP contribution is 2.28. The average molecular weight is 240 g/mol. The van der Waals surface area contributed by atoms with Crippen LogP contribution in [0.1, 0.15) is 17.2 Å². The molecule has 0 spiro atoms. The van der Waals surface area contributed by atoms with E-state index in [1.807, 2.05) is 6.92 Å². The molecular weight excluding hydrogens is 224 g/mol. The monoisotopic (exact) mass is 240 g/mol. The lowest BCUT2D eigenvalue weighted by molar-refractivity contribution is -0.156. The van der Waals surface area contributed by atoms with Crippen molar-refractivity contribution in [1.29, 1.82) is 0 Å². The molecule has 0 fully saturated rings. The van der Waals surface area contributed by atoms with Crippen LogP contribution in [0.4, 0.5) is 0 Å². The van der Waals surface area contributed by atoms with Crippen LogP contribution in [0.25, 0.3) is 0 Å². The molecule has 1 rings (SSSR count). The molecule has 1 aromatic carbocycles. The highest BCUT2D eigenvalue weighted by atomic mass is 16.5. The van der Waals surface area contributed by atoms with Gasteiger partial charge in [0.05, 0.1) is 14.2 Å². The largest absolute Gasteiger partial charge is 0.496 e. The first-order valence-electron chi connectivity index (χ1n) is 5.09. The first-order valence-corrected chi connectivity index (χ1v) is 5.09. The summed E-state index contributed by atoms with van der Waals surface area (Å²) in [7, 11) is 2.60. The molecule has 17 heavy (non-hydrogen) atoms. The van der Waals surface area contributed by atoms with Gasteiger partial charge in [-0.15, -0.1) is 0 Å². The topological polar surface area (TPSA) is 76.0 Å². The number of hydrogen-bond acceptors (Lipinski definition) is 5. The summed E-state index contributed by atoms with van der Waals surface area (Å²) < 4.78 is 9.45. The van der Waals surface area contributed by atoms with Gasteiger partial charge in [0.25, 0.3) is 0 Å². The molecule has 94 valence electrons. The third-order valence-corrected chi connectivity index (χ3v) is 2.45. The number of carbonyl (C=O) groups is 1. The molecule has 0 amide bonds. The summed E-state index contributed by atoms with van der Waals surface area (Å²) in [5.74, 6) is -0.472. The molecule has 0 aliphatic rings. The molecule has 0 radical (unpaired) electrons. The van der Waals surface area contributed by atoms with Crippen molar-refractivity contribution in [2.24, 2.45) is 0 Å². The second-order valence-corrected chi connectivity index (χ2v) is 3.66. The highest BCUT2D eigenvalue weighted by molar-refractivity contribution is 5.75. The fourth-order valence-corrected chi connectivity index (χ4v) is 1.48. The molecule has 1 aromatic rings. The van der Waals surface area contributed by atoms with Gasteiger partial charge >= 0.3 is 5.97 Å². The standard InChI is InChI=1S/C12H16O5/c1-7-4-5-8(9(6-7)16-2)10(13)11(14)12(15)17-3/h4-6,10-11,13-14H,1-3H3. The Morgan fingerprint density at radius 1 is 1.29 bits per heavy atom. The SMILES string of the molecule is COC(=O)C(O)C(O)c1ccc(C)cc1OC. The predicted molar refractivity (Wildman–Crippen MR) is 60.7 cm³/mol. The van der Waals surface area contributed by atoms with Crippen molar-refractivity contribution in [3.8, 4) is 5.75 Å². The predicted octanol–water partition coefficient (Wildman–Crippen LogP) is 0.571. The van der Waals surface area contributed by atoms with E-state index in [1.54, 1.807) is 18.2 Å². The number of hydrogen-bond donors (Lipinski definition) is 2. The molecule has 5 heteroatoms. The van der Waals surface area contributed by atoms with Gasteiger partial charge in [-0.05, 0) is 18.6 Å². The quantitative estimate of drug-likeness (QED) is 0.752. The van der Waals surface area contributed by atoms with Crippen LogP contribution in [0.2, 0.25) is 0 Å². The van der Waals surface area contributed by atoms with E-state index >= 15 is 0 Å². The number of aliphatic hydroxyl groups excluding tert-OH is 2. The van der Waals surface area contributed by atoms with E-state index in [-0.39, 0.29) is 0 Å². The Morgan fingerprint density at radius 3 is 2.47 bits per heavy atom. The minimum Gasteiger partial charge on any atom is -0.496 e. The van der Waals surface area contributed by atoms with Gasteiger partial charge in [0.2, 0.25) is 0 Å². The van der Waals surface area contributed by atoms with Gasteiger partial charge in [-0.2, -0.15) is 0 Å². The highest BCUT2D eigenvalue weighted by Gasteiger charge is 2.28. The Labute approximate surface area is 99.6 Å². The summed E-state index contributed by atoms with van der Waals surface area (Å²) in [6.07, 6.45) is -3.00. The van der Waals surface area contributed by atoms with E-state index in [1.165, 1.54) is 7.11 Å². The number of ether oxygens (including phenoxy) is 2. The van der Waals surface area contributed by atoms with Crippen LogP contribution in [0, 0.1) is 6.92 Å². The summed E-state index contributed by atoms with van der Waals surface area (Å²) in [6, 6.07) is 5.07. The van der Waals surface area contributed by atoms with Gasteiger partial charge in [-0.3, -0.25) is 0 Å². The minimum atomic E-state index is -1.63. The van der Waals surface area contributed by atoms with Crippen LogP contribution in [0.3, 0.4) is 0 Å². The molecule has 0 aliphatic carbocycles. The second-order valence-electron chi connectivity index (χ2n) is 3.66. The summed E-state index contributed by atoms with van der Waals surface area (Å²) in [5, 5.41) is 19.4. The van der Waals surface area contributed by atoms with E-state index in [0.29, 0.717) is 11.3 Å². The van der Waals surface area contributed by atoms with Crippen molar-refractivity contribution in [2.45, 2.75) is 19.1 Å². The van der Waals surface area contributed by atoms with Crippen molar-refractivity contribution >= 4 is 5.97 Å². The van der Waals surface area contributed by atoms with Crippen LogP contribution in [0.15, 0.2) is 18.2 Å². The number of carbonyl (C=O) groups excluding carboxylic acids is 1. The van der Waals surface area contributed by atoms with E-state index in [4.69, 9.17) is 4.74 Å². The van der Waals surface area contributed by atoms with Crippen LogP contribution in [-0.4, -0.2) is 36.5 Å². The number of esters is 1. The van der Waals surface area contributed by atoms with Crippen LogP contribution < -0.4 is 4.74 Å². The summed E-state index contributed by atoms with van der Waals surface area (Å²) >= 11 is 0. The van der Waals surface area contributed by atoms with Crippen LogP contribution in [-0.2, 0) is 9.53 Å². The molecule has 0 saturated heterocycles. The molecule has 0 aromatic heterocycles. The Hall–Kier alpha value is -1.59. The van der Waals surface area contributed by atoms with Gasteiger partial charge in [-0.1, -0.05) is 12.1 Å². The zero-order valence-corrected chi connectivity index (χ0v) is 10.0. The molecule has 0 aliphatic heterocycles. The summed E-state index contributed by atoms with van der Waals surface area (Å²) in [5.41, 5.74) is 1.29. The lowest BCUT2D eigenvalue weighted by Gasteiger charge is -2.18. The van der Waals surface area contributed by atoms with Gasteiger partial charge in [0.1, 0.15) is 11.9 Å². The zero-order chi connectivity index (χ0) is 13.0. The Balaban J connectivity index is 3.03. The van der Waals surface area contributed by atoms with Crippen molar-refractivity contribution in [2.75, 3.05) is 14.2 Å². The van der Waals surface area contributed by atoms with E-state index < -0.39 is 18.2 Å². The Bertz CT molecular complexity index is 402. The fourth-order valence-electron chi connectivity index (χ4n) is 1.48. The smallest absolute Gasteiger partial charge is 0.337 e. The Kier molecular flexibility index (Phi) is 4.48. The number of aliphatic hydroxyl groups is 2. The van der Waals surface area contributed by atoms with Crippen LogP contribution >= 0.6 is 0 Å². The lowest BCUT2D eigenvalue weighted by Crippen LogP contribution is -2.29. The van der Waals surface area contributed by atoms with Gasteiger partial charge in [0, 0.05) is 5.56 Å². The Morgan fingerprint density at radius 2 is 1.94 bits per heavy atom. The molecule has 0 saturated carbocycles. The summed E-state index contributed by atoms with van der Waals surface area (Å²) in [6.45, 7) is 1.87. The molecule has 0 heterocycles. The minimum absolute atomic E-state index is 0.344. The van der Waals surface area contributed by atoms with Crippen molar-refractivity contribution in [1.82, 2.24) is 0 Å². The zero-order valence-electron chi connectivity index (χ0n) is 10.0. The maximum atomic E-state index is 11.1. The van der Waals surface area contributed by atoms with Crippen molar-refractivity contribution < 1.29 is 24.5 Å². The normalized spacial score (nSPS) is 13.9. The lowest BCUT2D eigenvalue weighted by atomic mass is 10.0. The van der Waals surface area contributed by atoms with Crippen molar-refractivity contribution in [3.63, 3.8) is 0 Å². The summed E-state index contributed by atoms with van der Waals surface area (Å²) in [4.78, 5) is 11.1. The van der Waals surface area contributed by atoms with Gasteiger partial charge in [-0.25, -0.2) is 4.79 Å². The number of aryl methyl sites for hydroxylation is 1. The number of benzene rings is 1. The maximum absolute atomic E-state index is 11.1. The molecule has 2 N–H and O–H groups in total. The fraction of sp³-hybridized carbons (Fsp3) is 0.417. The molecular formula is C12H16O5. The molecule has 5 nitrogen and oxygen atoms in total.